The van der Waals surface area contributed by atoms with Gasteiger partial charge in [0.2, 0.25) is 5.91 Å². The third-order valence-electron chi connectivity index (χ3n) is 1.84. The summed E-state index contributed by atoms with van der Waals surface area (Å²) >= 11 is 0. The minimum atomic E-state index is -0.431. The maximum Gasteiger partial charge on any atom is 0.227 e. The smallest absolute Gasteiger partial charge is 0.227 e. The van der Waals surface area contributed by atoms with Crippen molar-refractivity contribution in [1.29, 1.82) is 0 Å². The van der Waals surface area contributed by atoms with Gasteiger partial charge in [-0.1, -0.05) is 0 Å². The fourth-order valence-electron chi connectivity index (χ4n) is 0.846. The monoisotopic (exact) mass is 129 g/mol. The molecule has 0 radical (unpaired) electrons. The molecule has 0 atom stereocenters. The van der Waals surface area contributed by atoms with Crippen molar-refractivity contribution in [1.82, 2.24) is 5.32 Å². The number of carbonyl (C=O) groups is 1. The highest BCUT2D eigenvalue weighted by molar-refractivity contribution is 5.82. The van der Waals surface area contributed by atoms with E-state index in [1.165, 1.54) is 0 Å². The number of hydrogen-bond acceptors (Lipinski definition) is 3. The van der Waals surface area contributed by atoms with Crippen molar-refractivity contribution in [2.45, 2.75) is 0 Å². The summed E-state index contributed by atoms with van der Waals surface area (Å²) in [5, 5.41) is 2.95. The molecule has 0 aromatic carbocycles. The van der Waals surface area contributed by atoms with Crippen molar-refractivity contribution in [2.24, 2.45) is 16.9 Å². The Hall–Kier alpha value is -0.610. The predicted molar refractivity (Wildman–Crippen MR) is 33.6 cm³/mol. The molecule has 1 aliphatic rings. The van der Waals surface area contributed by atoms with E-state index in [1.54, 1.807) is 0 Å². The molecule has 4 heteroatoms. The summed E-state index contributed by atoms with van der Waals surface area (Å²) < 4.78 is 0. The number of primary amides is 1. The average Bonchev–Trinajstić information content (AvgIpc) is 1.62. The summed E-state index contributed by atoms with van der Waals surface area (Å²) in [6, 6.07) is 0. The maximum absolute atomic E-state index is 10.6. The molecule has 1 saturated heterocycles. The van der Waals surface area contributed by atoms with Gasteiger partial charge in [-0.3, -0.25) is 4.79 Å². The van der Waals surface area contributed by atoms with Crippen LogP contribution in [0.1, 0.15) is 0 Å². The van der Waals surface area contributed by atoms with Crippen molar-refractivity contribution in [3.8, 4) is 0 Å². The zero-order chi connectivity index (χ0) is 6.91. The summed E-state index contributed by atoms with van der Waals surface area (Å²) in [6.07, 6.45) is 0. The van der Waals surface area contributed by atoms with Gasteiger partial charge in [0.25, 0.3) is 0 Å². The standard InChI is InChI=1S/C5H11N3O/c6-1-5(4(7)9)2-8-3-5/h8H,1-3,6H2,(H2,7,9). The van der Waals surface area contributed by atoms with E-state index in [1.807, 2.05) is 0 Å². The molecule has 1 heterocycles. The molecule has 1 aliphatic heterocycles. The van der Waals surface area contributed by atoms with Gasteiger partial charge in [-0.25, -0.2) is 0 Å². The topological polar surface area (TPSA) is 81.1 Å². The normalized spacial score (nSPS) is 22.8. The molecule has 0 unspecified atom stereocenters. The number of carbonyl (C=O) groups excluding carboxylic acids is 1. The first-order chi connectivity index (χ1) is 4.21. The van der Waals surface area contributed by atoms with E-state index in [0.29, 0.717) is 19.6 Å². The Balaban J connectivity index is 2.57. The van der Waals surface area contributed by atoms with Crippen LogP contribution in [0.2, 0.25) is 0 Å². The minimum Gasteiger partial charge on any atom is -0.369 e. The lowest BCUT2D eigenvalue weighted by Gasteiger charge is -2.38. The first-order valence-corrected chi connectivity index (χ1v) is 2.92. The highest BCUT2D eigenvalue weighted by atomic mass is 16.1. The molecule has 9 heavy (non-hydrogen) atoms. The van der Waals surface area contributed by atoms with Crippen LogP contribution in [-0.4, -0.2) is 25.5 Å². The zero-order valence-corrected chi connectivity index (χ0v) is 5.18. The Morgan fingerprint density at radius 2 is 2.22 bits per heavy atom. The number of rotatable bonds is 2. The third kappa shape index (κ3) is 0.799. The maximum atomic E-state index is 10.6. The van der Waals surface area contributed by atoms with Gasteiger partial charge in [0.05, 0.1) is 5.41 Å². The van der Waals surface area contributed by atoms with Gasteiger partial charge in [-0.15, -0.1) is 0 Å². The molecule has 1 rings (SSSR count). The van der Waals surface area contributed by atoms with Crippen LogP contribution in [0.25, 0.3) is 0 Å². The second-order valence-corrected chi connectivity index (χ2v) is 2.45. The van der Waals surface area contributed by atoms with Crippen molar-refractivity contribution < 1.29 is 4.79 Å². The molecule has 0 saturated carbocycles. The van der Waals surface area contributed by atoms with E-state index in [0.717, 1.165) is 0 Å². The second kappa shape index (κ2) is 1.97. The molecular formula is C5H11N3O. The van der Waals surface area contributed by atoms with Gasteiger partial charge >= 0.3 is 0 Å². The Morgan fingerprint density at radius 1 is 1.67 bits per heavy atom. The summed E-state index contributed by atoms with van der Waals surface area (Å²) in [5.41, 5.74) is 9.98. The molecule has 0 spiro atoms. The van der Waals surface area contributed by atoms with Gasteiger partial charge in [0.15, 0.2) is 0 Å². The Kier molecular flexibility index (Phi) is 1.42. The van der Waals surface area contributed by atoms with Crippen LogP contribution in [0.3, 0.4) is 0 Å². The molecule has 0 aliphatic carbocycles. The molecule has 0 aromatic heterocycles. The Labute approximate surface area is 53.6 Å². The molecule has 1 fully saturated rings. The highest BCUT2D eigenvalue weighted by Gasteiger charge is 2.41. The average molecular weight is 129 g/mol. The van der Waals surface area contributed by atoms with E-state index in [2.05, 4.69) is 5.32 Å². The lowest BCUT2D eigenvalue weighted by Crippen LogP contribution is -2.63. The van der Waals surface area contributed by atoms with Crippen molar-refractivity contribution >= 4 is 5.91 Å². The Bertz CT molecular complexity index is 125. The van der Waals surface area contributed by atoms with Crippen LogP contribution < -0.4 is 16.8 Å². The molecule has 4 nitrogen and oxygen atoms in total. The number of nitrogens with one attached hydrogen (secondary N) is 1. The van der Waals surface area contributed by atoms with Crippen LogP contribution in [0, 0.1) is 5.41 Å². The Morgan fingerprint density at radius 3 is 2.22 bits per heavy atom. The fraction of sp³-hybridized carbons (Fsp3) is 0.800. The van der Waals surface area contributed by atoms with Gasteiger partial charge in [-0.05, 0) is 0 Å². The van der Waals surface area contributed by atoms with Crippen LogP contribution in [0.4, 0.5) is 0 Å². The van der Waals surface area contributed by atoms with Gasteiger partial charge in [0.1, 0.15) is 0 Å². The number of hydrogen-bond donors (Lipinski definition) is 3. The minimum absolute atomic E-state index is 0.288. The summed E-state index contributed by atoms with van der Waals surface area (Å²) in [4.78, 5) is 10.6. The molecule has 5 N–H and O–H groups in total. The van der Waals surface area contributed by atoms with Gasteiger partial charge < -0.3 is 16.8 Å². The molecule has 1 amide bonds. The molecular weight excluding hydrogens is 118 g/mol. The fourth-order valence-corrected chi connectivity index (χ4v) is 0.846. The molecule has 0 aromatic rings. The van der Waals surface area contributed by atoms with Gasteiger partial charge in [0, 0.05) is 19.6 Å². The number of nitrogens with two attached hydrogens (primary N) is 2. The largest absolute Gasteiger partial charge is 0.369 e. The summed E-state index contributed by atoms with van der Waals surface area (Å²) in [5.74, 6) is -0.288. The van der Waals surface area contributed by atoms with E-state index in [4.69, 9.17) is 11.5 Å². The van der Waals surface area contributed by atoms with Crippen molar-refractivity contribution in [2.75, 3.05) is 19.6 Å². The second-order valence-electron chi connectivity index (χ2n) is 2.45. The first kappa shape index (κ1) is 6.51. The highest BCUT2D eigenvalue weighted by Crippen LogP contribution is 2.18. The van der Waals surface area contributed by atoms with Gasteiger partial charge in [-0.2, -0.15) is 0 Å². The predicted octanol–water partition coefficient (Wildman–Crippen LogP) is -1.98. The summed E-state index contributed by atoms with van der Waals surface area (Å²) in [6.45, 7) is 1.63. The first-order valence-electron chi connectivity index (χ1n) is 2.92. The van der Waals surface area contributed by atoms with Crippen LogP contribution in [0.15, 0.2) is 0 Å². The SMILES string of the molecule is NCC1(C(N)=O)CNC1. The van der Waals surface area contributed by atoms with Crippen LogP contribution in [-0.2, 0) is 4.79 Å². The van der Waals surface area contributed by atoms with Crippen LogP contribution in [0.5, 0.6) is 0 Å². The lowest BCUT2D eigenvalue weighted by molar-refractivity contribution is -0.129. The van der Waals surface area contributed by atoms with E-state index >= 15 is 0 Å². The number of amides is 1. The quantitative estimate of drug-likeness (QED) is 0.404. The third-order valence-corrected chi connectivity index (χ3v) is 1.84. The van der Waals surface area contributed by atoms with E-state index in [-0.39, 0.29) is 5.91 Å². The summed E-state index contributed by atoms with van der Waals surface area (Å²) in [7, 11) is 0. The lowest BCUT2D eigenvalue weighted by atomic mass is 9.81. The zero-order valence-electron chi connectivity index (χ0n) is 5.18. The van der Waals surface area contributed by atoms with E-state index in [9.17, 15) is 4.79 Å². The molecule has 52 valence electrons. The van der Waals surface area contributed by atoms with Crippen molar-refractivity contribution in [3.63, 3.8) is 0 Å². The van der Waals surface area contributed by atoms with E-state index < -0.39 is 5.41 Å². The van der Waals surface area contributed by atoms with Crippen molar-refractivity contribution in [3.05, 3.63) is 0 Å². The van der Waals surface area contributed by atoms with Crippen LogP contribution >= 0.6 is 0 Å². The molecule has 0 bridgehead atoms.